The van der Waals surface area contributed by atoms with Gasteiger partial charge < -0.3 is 14.6 Å². The van der Waals surface area contributed by atoms with Crippen LogP contribution in [0, 0.1) is 0 Å². The Hall–Kier alpha value is -3.62. The van der Waals surface area contributed by atoms with E-state index in [9.17, 15) is 19.2 Å². The largest absolute Gasteiger partial charge is 0.490 e. The van der Waals surface area contributed by atoms with E-state index in [1.165, 1.54) is 30.4 Å². The van der Waals surface area contributed by atoms with Gasteiger partial charge in [0.2, 0.25) is 0 Å². The first-order valence-corrected chi connectivity index (χ1v) is 7.98. The van der Waals surface area contributed by atoms with Crippen molar-refractivity contribution in [3.05, 3.63) is 42.0 Å². The lowest BCUT2D eigenvalue weighted by molar-refractivity contribution is -0.139. The summed E-state index contributed by atoms with van der Waals surface area (Å²) in [5.74, 6) is -2.22. The van der Waals surface area contributed by atoms with Crippen LogP contribution in [0.25, 0.3) is 6.08 Å². The van der Waals surface area contributed by atoms with E-state index in [1.54, 1.807) is 6.92 Å². The Morgan fingerprint density at radius 2 is 2.00 bits per heavy atom. The van der Waals surface area contributed by atoms with Gasteiger partial charge in [0.1, 0.15) is 5.57 Å². The van der Waals surface area contributed by atoms with Gasteiger partial charge in [-0.2, -0.15) is 0 Å². The molecule has 0 radical (unpaired) electrons. The summed E-state index contributed by atoms with van der Waals surface area (Å²) in [6, 6.07) is 3.69. The number of ether oxygens (including phenoxy) is 2. The van der Waals surface area contributed by atoms with Crippen molar-refractivity contribution < 1.29 is 33.8 Å². The molecule has 0 aliphatic carbocycles. The van der Waals surface area contributed by atoms with Gasteiger partial charge in [0, 0.05) is 6.54 Å². The van der Waals surface area contributed by atoms with Gasteiger partial charge in [0.25, 0.3) is 11.8 Å². The number of aliphatic carboxylic acids is 1. The average molecular weight is 374 g/mol. The summed E-state index contributed by atoms with van der Waals surface area (Å²) in [4.78, 5) is 47.7. The second kappa shape index (κ2) is 8.65. The standard InChI is InChI=1S/C18H18N2O7/c1-3-7-20-17(24)12(16(23)19-18(20)25)8-11-5-6-13(27-10-15(21)22)14(9-11)26-4-2/h3,5-6,8-9H,1,4,7,10H2,2H3,(H,21,22)(H,19,23,25). The molecule has 1 saturated heterocycles. The highest BCUT2D eigenvalue weighted by Crippen LogP contribution is 2.29. The van der Waals surface area contributed by atoms with E-state index in [1.807, 2.05) is 0 Å². The highest BCUT2D eigenvalue weighted by Gasteiger charge is 2.34. The maximum Gasteiger partial charge on any atom is 0.341 e. The van der Waals surface area contributed by atoms with Crippen molar-refractivity contribution in [1.29, 1.82) is 0 Å². The van der Waals surface area contributed by atoms with Crippen molar-refractivity contribution in [2.45, 2.75) is 6.92 Å². The maximum absolute atomic E-state index is 12.4. The molecule has 9 heteroatoms. The van der Waals surface area contributed by atoms with Gasteiger partial charge >= 0.3 is 12.0 Å². The summed E-state index contributed by atoms with van der Waals surface area (Å²) in [6.07, 6.45) is 2.68. The van der Waals surface area contributed by atoms with Crippen LogP contribution in [0.4, 0.5) is 4.79 Å². The molecule has 0 spiro atoms. The lowest BCUT2D eigenvalue weighted by Gasteiger charge is -2.25. The first-order chi connectivity index (χ1) is 12.9. The van der Waals surface area contributed by atoms with E-state index in [4.69, 9.17) is 14.6 Å². The summed E-state index contributed by atoms with van der Waals surface area (Å²) < 4.78 is 10.6. The molecule has 0 aromatic heterocycles. The number of carbonyl (C=O) groups excluding carboxylic acids is 3. The lowest BCUT2D eigenvalue weighted by atomic mass is 10.1. The predicted molar refractivity (Wildman–Crippen MR) is 94.2 cm³/mol. The topological polar surface area (TPSA) is 122 Å². The molecule has 0 bridgehead atoms. The number of amides is 4. The van der Waals surface area contributed by atoms with Crippen molar-refractivity contribution in [1.82, 2.24) is 10.2 Å². The van der Waals surface area contributed by atoms with Gasteiger partial charge in [0.15, 0.2) is 18.1 Å². The zero-order valence-corrected chi connectivity index (χ0v) is 14.6. The van der Waals surface area contributed by atoms with Crippen LogP contribution in [-0.2, 0) is 14.4 Å². The third-order valence-electron chi connectivity index (χ3n) is 3.43. The van der Waals surface area contributed by atoms with E-state index in [2.05, 4.69) is 11.9 Å². The first kappa shape index (κ1) is 19.7. The summed E-state index contributed by atoms with van der Waals surface area (Å²) in [7, 11) is 0. The molecule has 1 aliphatic rings. The Morgan fingerprint density at radius 1 is 1.26 bits per heavy atom. The van der Waals surface area contributed by atoms with E-state index in [-0.39, 0.29) is 23.6 Å². The number of imide groups is 2. The fourth-order valence-electron chi connectivity index (χ4n) is 2.30. The highest BCUT2D eigenvalue weighted by molar-refractivity contribution is 6.31. The second-order valence-corrected chi connectivity index (χ2v) is 5.34. The van der Waals surface area contributed by atoms with Crippen molar-refractivity contribution in [3.8, 4) is 11.5 Å². The number of carboxylic acids is 1. The molecule has 2 N–H and O–H groups in total. The Labute approximate surface area is 154 Å². The minimum absolute atomic E-state index is 0.0402. The van der Waals surface area contributed by atoms with Gasteiger partial charge in [0.05, 0.1) is 6.61 Å². The van der Waals surface area contributed by atoms with Crippen LogP contribution in [-0.4, -0.2) is 53.6 Å². The van der Waals surface area contributed by atoms with Crippen LogP contribution in [0.2, 0.25) is 0 Å². The molecule has 1 heterocycles. The second-order valence-electron chi connectivity index (χ2n) is 5.34. The molecule has 2 rings (SSSR count). The molecule has 1 fully saturated rings. The van der Waals surface area contributed by atoms with E-state index in [0.29, 0.717) is 12.2 Å². The zero-order chi connectivity index (χ0) is 20.0. The first-order valence-electron chi connectivity index (χ1n) is 7.98. The van der Waals surface area contributed by atoms with E-state index in [0.717, 1.165) is 4.90 Å². The molecule has 0 unspecified atom stereocenters. The zero-order valence-electron chi connectivity index (χ0n) is 14.6. The normalized spacial score (nSPS) is 15.5. The number of nitrogens with one attached hydrogen (secondary N) is 1. The summed E-state index contributed by atoms with van der Waals surface area (Å²) in [5, 5.41) is 10.8. The van der Waals surface area contributed by atoms with Crippen molar-refractivity contribution in [3.63, 3.8) is 0 Å². The summed E-state index contributed by atoms with van der Waals surface area (Å²) >= 11 is 0. The third kappa shape index (κ3) is 4.72. The molecular weight excluding hydrogens is 356 g/mol. The number of hydrogen-bond acceptors (Lipinski definition) is 6. The van der Waals surface area contributed by atoms with Gasteiger partial charge in [-0.25, -0.2) is 9.59 Å². The number of benzene rings is 1. The number of rotatable bonds is 8. The van der Waals surface area contributed by atoms with E-state index >= 15 is 0 Å². The number of urea groups is 1. The van der Waals surface area contributed by atoms with Crippen LogP contribution in [0.3, 0.4) is 0 Å². The number of hydrogen-bond donors (Lipinski definition) is 2. The van der Waals surface area contributed by atoms with Crippen LogP contribution in [0.15, 0.2) is 36.4 Å². The Kier molecular flexibility index (Phi) is 6.32. The molecule has 142 valence electrons. The molecule has 4 amide bonds. The monoisotopic (exact) mass is 374 g/mol. The van der Waals surface area contributed by atoms with Gasteiger partial charge in [-0.15, -0.1) is 6.58 Å². The third-order valence-corrected chi connectivity index (χ3v) is 3.43. The fraction of sp³-hybridized carbons (Fsp3) is 0.222. The molecule has 1 aromatic carbocycles. The summed E-state index contributed by atoms with van der Waals surface area (Å²) in [5.41, 5.74) is 0.214. The predicted octanol–water partition coefficient (Wildman–Crippen LogP) is 1.20. The van der Waals surface area contributed by atoms with Crippen molar-refractivity contribution >= 4 is 29.9 Å². The fourth-order valence-corrected chi connectivity index (χ4v) is 2.30. The van der Waals surface area contributed by atoms with Crippen LogP contribution in [0.1, 0.15) is 12.5 Å². The van der Waals surface area contributed by atoms with E-state index < -0.39 is 30.4 Å². The molecule has 0 saturated carbocycles. The van der Waals surface area contributed by atoms with Crippen molar-refractivity contribution in [2.75, 3.05) is 19.8 Å². The molecule has 1 aromatic rings. The number of barbiturate groups is 1. The number of nitrogens with zero attached hydrogens (tertiary/aromatic N) is 1. The Morgan fingerprint density at radius 3 is 2.63 bits per heavy atom. The minimum Gasteiger partial charge on any atom is -0.490 e. The van der Waals surface area contributed by atoms with Crippen LogP contribution < -0.4 is 14.8 Å². The van der Waals surface area contributed by atoms with Gasteiger partial charge in [-0.1, -0.05) is 12.1 Å². The molecule has 1 aliphatic heterocycles. The quantitative estimate of drug-likeness (QED) is 0.398. The molecule has 0 atom stereocenters. The van der Waals surface area contributed by atoms with Crippen molar-refractivity contribution in [2.24, 2.45) is 0 Å². The average Bonchev–Trinajstić information content (AvgIpc) is 2.61. The highest BCUT2D eigenvalue weighted by atomic mass is 16.5. The Bertz CT molecular complexity index is 829. The lowest BCUT2D eigenvalue weighted by Crippen LogP contribution is -2.54. The van der Waals surface area contributed by atoms with Gasteiger partial charge in [-0.05, 0) is 30.7 Å². The maximum atomic E-state index is 12.4. The van der Waals surface area contributed by atoms with Crippen LogP contribution in [0.5, 0.6) is 11.5 Å². The number of carbonyl (C=O) groups is 4. The minimum atomic E-state index is -1.14. The molecule has 27 heavy (non-hydrogen) atoms. The smallest absolute Gasteiger partial charge is 0.341 e. The number of carboxylic acid groups (broad SMARTS) is 1. The van der Waals surface area contributed by atoms with Gasteiger partial charge in [-0.3, -0.25) is 19.8 Å². The molecular formula is C18H18N2O7. The molecule has 9 nitrogen and oxygen atoms in total. The summed E-state index contributed by atoms with van der Waals surface area (Å²) in [6.45, 7) is 4.93. The van der Waals surface area contributed by atoms with Crippen LogP contribution >= 0.6 is 0 Å². The Balaban J connectivity index is 2.35. The SMILES string of the molecule is C=CCN1C(=O)NC(=O)C(=Cc2ccc(OCC(=O)O)c(OCC)c2)C1=O.